The van der Waals surface area contributed by atoms with Crippen LogP contribution in [0.4, 0.5) is 14.5 Å². The third-order valence-electron chi connectivity index (χ3n) is 2.60. The number of alkyl halides is 2. The van der Waals surface area contributed by atoms with E-state index in [2.05, 4.69) is 5.32 Å². The Morgan fingerprint density at radius 3 is 2.59 bits per heavy atom. The third kappa shape index (κ3) is 4.63. The number of halogens is 2. The number of benzene rings is 2. The van der Waals surface area contributed by atoms with Crippen molar-refractivity contribution in [2.75, 3.05) is 11.9 Å². The van der Waals surface area contributed by atoms with Crippen LogP contribution in [-0.2, 0) is 4.79 Å². The van der Waals surface area contributed by atoms with Crippen molar-refractivity contribution >= 4 is 23.4 Å². The molecule has 0 radical (unpaired) electrons. The zero-order valence-corrected chi connectivity index (χ0v) is 12.1. The lowest BCUT2D eigenvalue weighted by Gasteiger charge is -2.11. The number of thioether (sulfide) groups is 1. The van der Waals surface area contributed by atoms with Gasteiger partial charge in [-0.15, -0.1) is 0 Å². The van der Waals surface area contributed by atoms with E-state index < -0.39 is 11.7 Å². The predicted molar refractivity (Wildman–Crippen MR) is 80.5 cm³/mol. The first-order chi connectivity index (χ1) is 10.6. The van der Waals surface area contributed by atoms with Gasteiger partial charge in [-0.1, -0.05) is 36.0 Å². The van der Waals surface area contributed by atoms with Crippen LogP contribution in [0.15, 0.2) is 53.4 Å². The molecule has 0 saturated heterocycles. The molecule has 0 aliphatic heterocycles. The first-order valence-electron chi connectivity index (χ1n) is 6.31. The Kier molecular flexibility index (Phi) is 5.60. The van der Waals surface area contributed by atoms with Gasteiger partial charge in [0.2, 0.25) is 0 Å². The van der Waals surface area contributed by atoms with Crippen molar-refractivity contribution < 1.29 is 23.4 Å². The highest BCUT2D eigenvalue weighted by Gasteiger charge is 2.12. The predicted octanol–water partition coefficient (Wildman–Crippen LogP) is 3.72. The second kappa shape index (κ2) is 7.65. The van der Waals surface area contributed by atoms with Gasteiger partial charge in [0.15, 0.2) is 18.1 Å². The summed E-state index contributed by atoms with van der Waals surface area (Å²) >= 11 is 0.355. The van der Waals surface area contributed by atoms with Gasteiger partial charge < -0.3 is 15.2 Å². The van der Waals surface area contributed by atoms with Gasteiger partial charge in [-0.25, -0.2) is 0 Å². The van der Waals surface area contributed by atoms with Crippen LogP contribution in [0.1, 0.15) is 0 Å². The Hall–Kier alpha value is -2.28. The lowest BCUT2D eigenvalue weighted by Crippen LogP contribution is -2.20. The molecule has 0 unspecified atom stereocenters. The molecule has 0 aliphatic rings. The highest BCUT2D eigenvalue weighted by Crippen LogP contribution is 2.31. The summed E-state index contributed by atoms with van der Waals surface area (Å²) < 4.78 is 30.1. The molecule has 1 amide bonds. The number of carbonyl (C=O) groups excluding carboxylic acids is 1. The number of hydrogen-bond donors (Lipinski definition) is 2. The van der Waals surface area contributed by atoms with E-state index in [1.54, 1.807) is 24.3 Å². The summed E-state index contributed by atoms with van der Waals surface area (Å²) in [4.78, 5) is 12.1. The van der Waals surface area contributed by atoms with Crippen LogP contribution in [0.25, 0.3) is 0 Å². The fourth-order valence-corrected chi connectivity index (χ4v) is 2.27. The Labute approximate surface area is 130 Å². The molecule has 0 aliphatic carbocycles. The van der Waals surface area contributed by atoms with Crippen LogP contribution < -0.4 is 10.1 Å². The molecule has 0 atom stereocenters. The third-order valence-corrected chi connectivity index (χ3v) is 3.39. The van der Waals surface area contributed by atoms with E-state index >= 15 is 0 Å². The summed E-state index contributed by atoms with van der Waals surface area (Å²) in [5, 5.41) is 12.0. The van der Waals surface area contributed by atoms with Crippen molar-refractivity contribution in [2.24, 2.45) is 0 Å². The molecule has 0 spiro atoms. The van der Waals surface area contributed by atoms with Crippen LogP contribution in [0, 0.1) is 0 Å². The minimum atomic E-state index is -2.57. The van der Waals surface area contributed by atoms with Crippen molar-refractivity contribution in [1.82, 2.24) is 0 Å². The number of ether oxygens (including phenoxy) is 1. The molecule has 0 heterocycles. The second-order valence-corrected chi connectivity index (χ2v) is 5.21. The van der Waals surface area contributed by atoms with Crippen molar-refractivity contribution in [1.29, 1.82) is 0 Å². The smallest absolute Gasteiger partial charge is 0.288 e. The van der Waals surface area contributed by atoms with E-state index in [4.69, 9.17) is 4.74 Å². The van der Waals surface area contributed by atoms with E-state index in [9.17, 15) is 18.7 Å². The van der Waals surface area contributed by atoms with Crippen molar-refractivity contribution in [3.8, 4) is 11.5 Å². The van der Waals surface area contributed by atoms with Gasteiger partial charge in [0.1, 0.15) is 0 Å². The average Bonchev–Trinajstić information content (AvgIpc) is 2.48. The molecular weight excluding hydrogens is 312 g/mol. The lowest BCUT2D eigenvalue weighted by molar-refractivity contribution is -0.118. The number of phenolic OH excluding ortho intramolecular Hbond substituents is 1. The van der Waals surface area contributed by atoms with Gasteiger partial charge >= 0.3 is 0 Å². The lowest BCUT2D eigenvalue weighted by atomic mass is 10.3. The maximum absolute atomic E-state index is 12.4. The number of phenols is 1. The molecule has 0 bridgehead atoms. The summed E-state index contributed by atoms with van der Waals surface area (Å²) in [6, 6.07) is 12.5. The highest BCUT2D eigenvalue weighted by molar-refractivity contribution is 7.99. The number of nitrogens with one attached hydrogen (secondary N) is 1. The minimum absolute atomic E-state index is 0.0797. The number of para-hydroxylation sites is 3. The second-order valence-electron chi connectivity index (χ2n) is 4.18. The maximum Gasteiger partial charge on any atom is 0.288 e. The van der Waals surface area contributed by atoms with E-state index in [0.29, 0.717) is 17.4 Å². The highest BCUT2D eigenvalue weighted by atomic mass is 32.2. The zero-order valence-electron chi connectivity index (χ0n) is 11.3. The quantitative estimate of drug-likeness (QED) is 0.795. The Morgan fingerprint density at radius 1 is 1.18 bits per heavy atom. The van der Waals surface area contributed by atoms with Gasteiger partial charge in [0, 0.05) is 4.90 Å². The van der Waals surface area contributed by atoms with Crippen LogP contribution in [-0.4, -0.2) is 23.4 Å². The number of carbonyl (C=O) groups is 1. The molecule has 0 aromatic heterocycles. The van der Waals surface area contributed by atoms with Crippen LogP contribution in [0.2, 0.25) is 0 Å². The van der Waals surface area contributed by atoms with E-state index in [0.717, 1.165) is 0 Å². The Morgan fingerprint density at radius 2 is 1.86 bits per heavy atom. The molecule has 0 saturated carbocycles. The zero-order chi connectivity index (χ0) is 15.9. The van der Waals surface area contributed by atoms with Crippen LogP contribution in [0.3, 0.4) is 0 Å². The topological polar surface area (TPSA) is 58.6 Å². The molecule has 2 N–H and O–H groups in total. The van der Waals surface area contributed by atoms with E-state index in [1.165, 1.54) is 24.3 Å². The molecule has 116 valence electrons. The van der Waals surface area contributed by atoms with E-state index in [1.807, 2.05) is 0 Å². The van der Waals surface area contributed by atoms with Crippen LogP contribution >= 0.6 is 11.8 Å². The monoisotopic (exact) mass is 325 g/mol. The molecule has 22 heavy (non-hydrogen) atoms. The molecule has 0 fully saturated rings. The van der Waals surface area contributed by atoms with Crippen LogP contribution in [0.5, 0.6) is 11.5 Å². The molecule has 2 rings (SSSR count). The summed E-state index contributed by atoms with van der Waals surface area (Å²) in [6.45, 7) is -0.342. The SMILES string of the molecule is O=C(COc1ccccc1O)Nc1ccccc1SC(F)F. The van der Waals surface area contributed by atoms with Gasteiger partial charge in [-0.05, 0) is 24.3 Å². The standard InChI is InChI=1S/C15H13F2NO3S/c16-15(17)22-13-8-4-1-5-10(13)18-14(20)9-21-12-7-3-2-6-11(12)19/h1-8,15,19H,9H2,(H,18,20). The van der Waals surface area contributed by atoms with E-state index in [-0.39, 0.29) is 23.0 Å². The first kappa shape index (κ1) is 16.1. The normalized spacial score (nSPS) is 10.5. The van der Waals surface area contributed by atoms with Gasteiger partial charge in [-0.2, -0.15) is 8.78 Å². The fraction of sp³-hybridized carbons (Fsp3) is 0.133. The Balaban J connectivity index is 1.96. The fourth-order valence-electron chi connectivity index (χ4n) is 1.68. The van der Waals surface area contributed by atoms with Crippen molar-refractivity contribution in [3.05, 3.63) is 48.5 Å². The largest absolute Gasteiger partial charge is 0.504 e. The van der Waals surface area contributed by atoms with Gasteiger partial charge in [-0.3, -0.25) is 4.79 Å². The number of amides is 1. The molecular formula is C15H13F2NO3S. The summed E-state index contributed by atoms with van der Waals surface area (Å²) in [6.07, 6.45) is 0. The average molecular weight is 325 g/mol. The summed E-state index contributed by atoms with van der Waals surface area (Å²) in [5.41, 5.74) is 0.290. The number of hydrogen-bond acceptors (Lipinski definition) is 4. The molecule has 2 aromatic carbocycles. The summed E-state index contributed by atoms with van der Waals surface area (Å²) in [5.74, 6) is -2.99. The number of anilines is 1. The molecule has 7 heteroatoms. The number of rotatable bonds is 6. The molecule has 2 aromatic rings. The number of aromatic hydroxyl groups is 1. The van der Waals surface area contributed by atoms with Crippen molar-refractivity contribution in [3.63, 3.8) is 0 Å². The van der Waals surface area contributed by atoms with Crippen molar-refractivity contribution in [2.45, 2.75) is 10.7 Å². The summed E-state index contributed by atoms with van der Waals surface area (Å²) in [7, 11) is 0. The maximum atomic E-state index is 12.4. The Bertz CT molecular complexity index is 652. The van der Waals surface area contributed by atoms with Gasteiger partial charge in [0.25, 0.3) is 11.7 Å². The first-order valence-corrected chi connectivity index (χ1v) is 7.18. The molecule has 4 nitrogen and oxygen atoms in total. The van der Waals surface area contributed by atoms with Gasteiger partial charge in [0.05, 0.1) is 5.69 Å². The minimum Gasteiger partial charge on any atom is -0.504 e.